The van der Waals surface area contributed by atoms with Gasteiger partial charge in [-0.15, -0.1) is 0 Å². The molecular weight excluding hydrogens is 1100 g/mol. The van der Waals surface area contributed by atoms with E-state index < -0.39 is 59.9 Å². The summed E-state index contributed by atoms with van der Waals surface area (Å²) in [5, 5.41) is 32.6. The number of aromatic nitrogens is 2. The van der Waals surface area contributed by atoms with Crippen LogP contribution in [-0.2, 0) is 20.7 Å². The van der Waals surface area contributed by atoms with E-state index in [0.717, 1.165) is 57.8 Å². The van der Waals surface area contributed by atoms with Crippen molar-refractivity contribution in [3.63, 3.8) is 0 Å². The minimum atomic E-state index is -2.00. The van der Waals surface area contributed by atoms with Crippen molar-refractivity contribution >= 4 is 11.9 Å². The Morgan fingerprint density at radius 2 is 0.830 bits per heavy atom. The number of carboxylic acid groups (broad SMARTS) is 2. The van der Waals surface area contributed by atoms with Crippen LogP contribution >= 0.6 is 0 Å². The van der Waals surface area contributed by atoms with Gasteiger partial charge in [0.1, 0.15) is 6.23 Å². The second kappa shape index (κ2) is 51.7. The van der Waals surface area contributed by atoms with Gasteiger partial charge in [0.25, 0.3) is 5.56 Å². The predicted molar refractivity (Wildman–Crippen MR) is 363 cm³/mol. The molecule has 1 unspecified atom stereocenters. The van der Waals surface area contributed by atoms with E-state index in [2.05, 4.69) is 25.8 Å². The Morgan fingerprint density at radius 3 is 1.14 bits per heavy atom. The van der Waals surface area contributed by atoms with Crippen molar-refractivity contribution in [3.8, 4) is 17.2 Å². The number of ether oxygens (including phenoxy) is 4. The van der Waals surface area contributed by atoms with Crippen LogP contribution in [0.3, 0.4) is 0 Å². The third-order valence-electron chi connectivity index (χ3n) is 18.8. The fraction of sp³-hybridized carbons (Fsp3) is 0.840. The summed E-state index contributed by atoms with van der Waals surface area (Å²) >= 11 is 0. The maximum Gasteiger partial charge on any atom is 0.330 e. The molecular formula is C75H132N2O11. The van der Waals surface area contributed by atoms with Crippen molar-refractivity contribution in [2.45, 2.75) is 367 Å². The molecule has 1 aromatic heterocycles. The Balaban J connectivity index is 1.77. The molecule has 1 fully saturated rings. The average molecular weight is 1240 g/mol. The van der Waals surface area contributed by atoms with E-state index in [0.29, 0.717) is 42.6 Å². The van der Waals surface area contributed by atoms with E-state index in [-0.39, 0.29) is 18.4 Å². The van der Waals surface area contributed by atoms with Crippen molar-refractivity contribution < 1.29 is 43.9 Å². The lowest BCUT2D eigenvalue weighted by atomic mass is 9.66. The Hall–Kier alpha value is -3.84. The topological polar surface area (TPSA) is 187 Å². The molecule has 1 saturated heterocycles. The van der Waals surface area contributed by atoms with E-state index in [1.54, 1.807) is 19.1 Å². The van der Waals surface area contributed by atoms with Crippen molar-refractivity contribution in [2.75, 3.05) is 26.4 Å². The van der Waals surface area contributed by atoms with Gasteiger partial charge in [-0.3, -0.25) is 23.9 Å². The van der Waals surface area contributed by atoms with Crippen LogP contribution < -0.4 is 25.5 Å². The lowest BCUT2D eigenvalue weighted by molar-refractivity contribution is -0.162. The predicted octanol–water partition coefficient (Wildman–Crippen LogP) is 20.5. The molecule has 13 nitrogen and oxygen atoms in total. The maximum atomic E-state index is 13.9. The van der Waals surface area contributed by atoms with Gasteiger partial charge in [-0.2, -0.15) is 0 Å². The fourth-order valence-corrected chi connectivity index (χ4v) is 13.3. The number of nitrogens with zero attached hydrogens (tertiary/aromatic N) is 1. The Kier molecular flexibility index (Phi) is 46.1. The molecule has 0 aliphatic carbocycles. The molecule has 13 heteroatoms. The number of H-pyrrole nitrogens is 1. The van der Waals surface area contributed by atoms with Gasteiger partial charge in [0.15, 0.2) is 11.5 Å². The maximum absolute atomic E-state index is 13.9. The van der Waals surface area contributed by atoms with Crippen molar-refractivity contribution in [1.29, 1.82) is 0 Å². The van der Waals surface area contributed by atoms with Crippen LogP contribution in [-0.4, -0.2) is 69.3 Å². The molecule has 2 heterocycles. The molecule has 0 amide bonds. The molecule has 4 N–H and O–H groups in total. The highest BCUT2D eigenvalue weighted by atomic mass is 16.5. The van der Waals surface area contributed by atoms with Gasteiger partial charge in [0, 0.05) is 17.7 Å². The Labute approximate surface area is 535 Å². The van der Waals surface area contributed by atoms with E-state index in [1.807, 2.05) is 0 Å². The van der Waals surface area contributed by atoms with Gasteiger partial charge in [0.05, 0.1) is 44.4 Å². The number of unbranched alkanes of at least 4 members (excludes halogenated alkanes) is 45. The highest BCUT2D eigenvalue weighted by Gasteiger charge is 2.55. The summed E-state index contributed by atoms with van der Waals surface area (Å²) in [6, 6.07) is 3.60. The third-order valence-corrected chi connectivity index (χ3v) is 18.8. The van der Waals surface area contributed by atoms with Gasteiger partial charge in [-0.25, -0.2) is 4.79 Å². The number of aromatic amines is 1. The van der Waals surface area contributed by atoms with Crippen molar-refractivity contribution in [2.24, 2.45) is 11.3 Å². The summed E-state index contributed by atoms with van der Waals surface area (Å²) < 4.78 is 27.5. The first-order valence-corrected chi connectivity index (χ1v) is 37.1. The standard InChI is InChI=1S/C75H132N2O11/c1-5-8-11-14-17-20-23-26-29-32-35-38-41-44-47-50-53-85-66-56-64(59-75(73(82)83,60-70(79)80)65-58-69(88-68(65)62-78)77-61-63(4)72(81)76-74(77)84)57-67(86-54-51-48-45-42-39-36-33-30-27-24-21-18-15-12-9-6-2)71(66)87-55-52-49-46-43-40-37-34-31-28-25-22-19-16-13-10-7-3/h56-57,61,65,68-69,78H,5-55,58-60,62H2,1-4H3,(H,79,80)(H,82,83)(H,76,81,84)/t65-,68+,69+,75?/m0/s1. The van der Waals surface area contributed by atoms with Gasteiger partial charge >= 0.3 is 17.6 Å². The quantitative estimate of drug-likeness (QED) is 0.0462. The fourth-order valence-electron chi connectivity index (χ4n) is 13.3. The minimum Gasteiger partial charge on any atom is -0.490 e. The highest BCUT2D eigenvalue weighted by molar-refractivity contribution is 5.82. The van der Waals surface area contributed by atoms with E-state index in [1.165, 1.54) is 261 Å². The second-order valence-corrected chi connectivity index (χ2v) is 26.7. The Morgan fingerprint density at radius 1 is 0.511 bits per heavy atom. The number of hydrogen-bond acceptors (Lipinski definition) is 9. The zero-order valence-corrected chi connectivity index (χ0v) is 56.9. The molecule has 1 aliphatic rings. The monoisotopic (exact) mass is 1240 g/mol. The minimum absolute atomic E-state index is 0.0953. The average Bonchev–Trinajstić information content (AvgIpc) is 2.10. The van der Waals surface area contributed by atoms with Crippen LogP contribution in [0, 0.1) is 18.3 Å². The van der Waals surface area contributed by atoms with E-state index in [4.69, 9.17) is 18.9 Å². The number of aliphatic hydroxyl groups is 1. The number of aliphatic carboxylic acids is 2. The first kappa shape index (κ1) is 78.4. The summed E-state index contributed by atoms with van der Waals surface area (Å²) in [5.41, 5.74) is -2.55. The van der Waals surface area contributed by atoms with Gasteiger partial charge in [-0.1, -0.05) is 310 Å². The lowest BCUT2D eigenvalue weighted by Gasteiger charge is -2.36. The number of hydrogen-bond donors (Lipinski definition) is 4. The van der Waals surface area contributed by atoms with E-state index >= 15 is 0 Å². The summed E-state index contributed by atoms with van der Waals surface area (Å²) in [6.07, 6.45) is 58.8. The smallest absolute Gasteiger partial charge is 0.330 e. The van der Waals surface area contributed by atoms with Gasteiger partial charge in [0.2, 0.25) is 5.75 Å². The molecule has 0 radical (unpaired) electrons. The van der Waals surface area contributed by atoms with Crippen LogP contribution in [0.25, 0.3) is 0 Å². The number of aliphatic hydroxyl groups excluding tert-OH is 1. The zero-order chi connectivity index (χ0) is 63.6. The molecule has 3 rings (SSSR count). The first-order chi connectivity index (χ1) is 43.0. The summed E-state index contributed by atoms with van der Waals surface area (Å²) in [5.74, 6) is -2.35. The molecule has 2 aromatic rings. The second-order valence-electron chi connectivity index (χ2n) is 26.7. The van der Waals surface area contributed by atoms with Crippen molar-refractivity contribution in [3.05, 3.63) is 50.3 Å². The number of benzene rings is 1. The molecule has 1 aliphatic heterocycles. The van der Waals surface area contributed by atoms with Crippen molar-refractivity contribution in [1.82, 2.24) is 9.55 Å². The SMILES string of the molecule is CCCCCCCCCCCCCCCCCCOc1cc(CC(CC(=O)O)(C(=O)O)[C@H]2C[C@H](n3cc(C)c(=O)[nH]c3=O)O[C@@H]2CO)cc(OCCCCCCCCCCCCCCCCCC)c1OCCCCCCCCCCCCCCCCCC. The molecule has 0 bridgehead atoms. The van der Waals surface area contributed by atoms with Crippen LogP contribution in [0.15, 0.2) is 27.9 Å². The van der Waals surface area contributed by atoms with Gasteiger partial charge in [-0.05, 0) is 56.7 Å². The Bertz CT molecular complexity index is 2100. The number of aryl methyl sites for hydroxylation is 1. The molecule has 1 aromatic carbocycles. The number of carbonyl (C=O) groups is 2. The number of rotatable bonds is 62. The summed E-state index contributed by atoms with van der Waals surface area (Å²) in [6.45, 7) is 9.07. The molecule has 4 atom stereocenters. The summed E-state index contributed by atoms with van der Waals surface area (Å²) in [4.78, 5) is 54.6. The largest absolute Gasteiger partial charge is 0.490 e. The van der Waals surface area contributed by atoms with Crippen LogP contribution in [0.4, 0.5) is 0 Å². The number of carboxylic acids is 2. The first-order valence-electron chi connectivity index (χ1n) is 37.1. The van der Waals surface area contributed by atoms with E-state index in [9.17, 15) is 34.5 Å². The van der Waals surface area contributed by atoms with Crippen LogP contribution in [0.2, 0.25) is 0 Å². The molecule has 88 heavy (non-hydrogen) atoms. The third kappa shape index (κ3) is 34.5. The zero-order valence-electron chi connectivity index (χ0n) is 56.9. The number of nitrogens with one attached hydrogen (secondary N) is 1. The molecule has 508 valence electrons. The lowest BCUT2D eigenvalue weighted by Crippen LogP contribution is -2.46. The highest BCUT2D eigenvalue weighted by Crippen LogP contribution is 2.50. The molecule has 0 saturated carbocycles. The van der Waals surface area contributed by atoms with Crippen LogP contribution in [0.5, 0.6) is 17.2 Å². The van der Waals surface area contributed by atoms with Crippen LogP contribution in [0.1, 0.15) is 359 Å². The summed E-state index contributed by atoms with van der Waals surface area (Å²) in [7, 11) is 0. The normalized spacial score (nSPS) is 15.7. The van der Waals surface area contributed by atoms with Gasteiger partial charge < -0.3 is 34.3 Å². The molecule has 0 spiro atoms.